The first-order valence-electron chi connectivity index (χ1n) is 4.53. The van der Waals surface area contributed by atoms with E-state index >= 15 is 0 Å². The average molecular weight is 274 g/mol. The highest BCUT2D eigenvalue weighted by molar-refractivity contribution is 7.83. The van der Waals surface area contributed by atoms with Crippen LogP contribution in [0.3, 0.4) is 0 Å². The largest absolute Gasteiger partial charge is 0.359 e. The third-order valence-electron chi connectivity index (χ3n) is 2.02. The summed E-state index contributed by atoms with van der Waals surface area (Å²) < 4.78 is 12.4. The van der Waals surface area contributed by atoms with Crippen LogP contribution in [0, 0.1) is 0 Å². The van der Waals surface area contributed by atoms with Crippen molar-refractivity contribution in [1.82, 2.24) is 0 Å². The summed E-state index contributed by atoms with van der Waals surface area (Å²) in [4.78, 5) is 12.1. The minimum atomic E-state index is 0.0184. The van der Waals surface area contributed by atoms with Gasteiger partial charge in [0.05, 0.1) is 25.8 Å². The number of thiophene rings is 1. The van der Waals surface area contributed by atoms with Crippen molar-refractivity contribution in [3.05, 3.63) is 27.2 Å². The first-order chi connectivity index (χ1) is 7.74. The lowest BCUT2D eigenvalue weighted by Gasteiger charge is -2.04. The fraction of sp³-hybridized carbons (Fsp3) is 0.300. The maximum atomic E-state index is 12.1. The van der Waals surface area contributed by atoms with E-state index in [9.17, 15) is 4.79 Å². The van der Waals surface area contributed by atoms with Crippen LogP contribution in [-0.4, -0.2) is 13.9 Å². The van der Waals surface area contributed by atoms with Crippen molar-refractivity contribution in [3.63, 3.8) is 0 Å². The molecule has 2 heterocycles. The highest BCUT2D eigenvalue weighted by Gasteiger charge is 2.11. The maximum Gasteiger partial charge on any atom is 0.204 e. The predicted octanol–water partition coefficient (Wildman–Crippen LogP) is 2.73. The second-order valence-corrected chi connectivity index (χ2v) is 5.80. The minimum absolute atomic E-state index is 0.0184. The molecule has 0 saturated carbocycles. The molecule has 0 bridgehead atoms. The van der Waals surface area contributed by atoms with E-state index in [4.69, 9.17) is 9.47 Å². The van der Waals surface area contributed by atoms with Crippen LogP contribution in [0.15, 0.2) is 20.5 Å². The monoisotopic (exact) mass is 274 g/mol. The van der Waals surface area contributed by atoms with Crippen LogP contribution >= 0.6 is 35.3 Å². The molecule has 0 N–H and O–H groups in total. The molecule has 3 nitrogen and oxygen atoms in total. The number of rotatable bonds is 4. The molecule has 6 heteroatoms. The molecule has 16 heavy (non-hydrogen) atoms. The third kappa shape index (κ3) is 2.31. The molecule has 0 spiro atoms. The van der Waals surface area contributed by atoms with Gasteiger partial charge in [0.25, 0.3) is 0 Å². The molecule has 0 fully saturated rings. The Kier molecular flexibility index (Phi) is 3.99. The van der Waals surface area contributed by atoms with Gasteiger partial charge in [-0.3, -0.25) is 4.79 Å². The smallest absolute Gasteiger partial charge is 0.204 e. The van der Waals surface area contributed by atoms with Crippen molar-refractivity contribution >= 4 is 44.7 Å². The number of hydrogen-bond acceptors (Lipinski definition) is 6. The molecular formula is C10H10O3S3. The molecular weight excluding hydrogens is 264 g/mol. The van der Waals surface area contributed by atoms with Crippen LogP contribution in [0.25, 0.3) is 9.40 Å². The summed E-state index contributed by atoms with van der Waals surface area (Å²) in [6, 6.07) is 1.94. The first kappa shape index (κ1) is 12.1. The van der Waals surface area contributed by atoms with Gasteiger partial charge in [0.15, 0.2) is 0 Å². The Morgan fingerprint density at radius 1 is 1.50 bits per heavy atom. The van der Waals surface area contributed by atoms with Gasteiger partial charge >= 0.3 is 0 Å². The molecule has 0 aromatic carbocycles. The summed E-state index contributed by atoms with van der Waals surface area (Å²) in [7, 11) is 1.55. The van der Waals surface area contributed by atoms with E-state index in [1.54, 1.807) is 7.11 Å². The van der Waals surface area contributed by atoms with Gasteiger partial charge in [-0.2, -0.15) is 0 Å². The van der Waals surface area contributed by atoms with Crippen LogP contribution in [0.4, 0.5) is 0 Å². The van der Waals surface area contributed by atoms with Gasteiger partial charge in [-0.25, -0.2) is 0 Å². The van der Waals surface area contributed by atoms with E-state index in [1.165, 1.54) is 22.7 Å². The van der Waals surface area contributed by atoms with Crippen molar-refractivity contribution in [2.75, 3.05) is 13.9 Å². The van der Waals surface area contributed by atoms with Gasteiger partial charge < -0.3 is 9.47 Å². The van der Waals surface area contributed by atoms with E-state index in [0.717, 1.165) is 9.40 Å². The molecule has 0 aliphatic heterocycles. The summed E-state index contributed by atoms with van der Waals surface area (Å²) >= 11 is 7.28. The third-order valence-corrected chi connectivity index (χ3v) is 4.61. The summed E-state index contributed by atoms with van der Waals surface area (Å²) in [6.45, 7) is 0.426. The Morgan fingerprint density at radius 3 is 3.06 bits per heavy atom. The van der Waals surface area contributed by atoms with Gasteiger partial charge in [-0.1, -0.05) is 0 Å². The number of methoxy groups -OCH3 is 1. The van der Waals surface area contributed by atoms with Crippen molar-refractivity contribution in [3.8, 4) is 0 Å². The molecule has 0 aliphatic rings. The van der Waals surface area contributed by atoms with Gasteiger partial charge in [0, 0.05) is 7.11 Å². The molecule has 0 atom stereocenters. The Labute approximate surface area is 106 Å². The summed E-state index contributed by atoms with van der Waals surface area (Å²) in [5.74, 6) is 0. The standard InChI is InChI=1S/C10H10O3S3/c1-12-5-13-4-6-8(11)9-7(2-3-15-9)16-10(6)14/h2-3,14H,4-5H2,1H3. The van der Waals surface area contributed by atoms with E-state index in [0.29, 0.717) is 9.77 Å². The Bertz CT molecular complexity index is 544. The second kappa shape index (κ2) is 5.29. The van der Waals surface area contributed by atoms with Crippen molar-refractivity contribution in [2.24, 2.45) is 0 Å². The molecule has 0 saturated heterocycles. The minimum Gasteiger partial charge on any atom is -0.359 e. The molecule has 86 valence electrons. The van der Waals surface area contributed by atoms with Gasteiger partial charge in [-0.05, 0) is 11.4 Å². The molecule has 0 radical (unpaired) electrons. The van der Waals surface area contributed by atoms with Crippen LogP contribution in [0.2, 0.25) is 0 Å². The van der Waals surface area contributed by atoms with Crippen molar-refractivity contribution < 1.29 is 9.47 Å². The van der Waals surface area contributed by atoms with Gasteiger partial charge in [0.1, 0.15) is 6.79 Å². The van der Waals surface area contributed by atoms with E-state index in [2.05, 4.69) is 12.6 Å². The molecule has 2 aromatic heterocycles. The van der Waals surface area contributed by atoms with Crippen LogP contribution in [0.5, 0.6) is 0 Å². The highest BCUT2D eigenvalue weighted by atomic mass is 32.2. The number of hydrogen-bond donors (Lipinski definition) is 1. The fourth-order valence-corrected chi connectivity index (χ4v) is 3.67. The summed E-state index contributed by atoms with van der Waals surface area (Å²) in [6.07, 6.45) is 0. The van der Waals surface area contributed by atoms with Crippen LogP contribution in [-0.2, 0) is 16.1 Å². The van der Waals surface area contributed by atoms with E-state index in [1.807, 2.05) is 11.4 Å². The zero-order valence-corrected chi connectivity index (χ0v) is 11.1. The molecule has 2 rings (SSSR count). The molecule has 0 unspecified atom stereocenters. The zero-order valence-electron chi connectivity index (χ0n) is 8.56. The van der Waals surface area contributed by atoms with Crippen molar-refractivity contribution in [1.29, 1.82) is 0 Å². The number of thiol groups is 1. The SMILES string of the molecule is COCOCc1c(S)sc2ccsc2c1=O. The van der Waals surface area contributed by atoms with Crippen LogP contribution in [0.1, 0.15) is 5.56 Å². The lowest BCUT2D eigenvalue weighted by Crippen LogP contribution is -2.10. The molecule has 2 aromatic rings. The first-order valence-corrected chi connectivity index (χ1v) is 6.67. The topological polar surface area (TPSA) is 35.5 Å². The second-order valence-electron chi connectivity index (χ2n) is 3.08. The molecule has 0 aliphatic carbocycles. The van der Waals surface area contributed by atoms with Gasteiger partial charge in [0.2, 0.25) is 5.43 Å². The van der Waals surface area contributed by atoms with E-state index in [-0.39, 0.29) is 18.8 Å². The van der Waals surface area contributed by atoms with E-state index < -0.39 is 0 Å². The number of fused-ring (bicyclic) bond motifs is 1. The van der Waals surface area contributed by atoms with Gasteiger partial charge in [-0.15, -0.1) is 35.3 Å². The average Bonchev–Trinajstić information content (AvgIpc) is 2.71. The van der Waals surface area contributed by atoms with Crippen molar-refractivity contribution in [2.45, 2.75) is 10.8 Å². The maximum absolute atomic E-state index is 12.1. The Morgan fingerprint density at radius 2 is 2.31 bits per heavy atom. The fourth-order valence-electron chi connectivity index (χ4n) is 1.30. The normalized spacial score (nSPS) is 11.1. The molecule has 0 amide bonds. The Hall–Kier alpha value is -0.400. The highest BCUT2D eigenvalue weighted by Crippen LogP contribution is 2.28. The lowest BCUT2D eigenvalue weighted by atomic mass is 10.3. The van der Waals surface area contributed by atoms with Crippen LogP contribution < -0.4 is 5.43 Å². The summed E-state index contributed by atoms with van der Waals surface area (Å²) in [5, 5.41) is 1.91. The predicted molar refractivity (Wildman–Crippen MR) is 69.9 cm³/mol. The Balaban J connectivity index is 2.39. The number of ether oxygens (including phenoxy) is 2. The zero-order chi connectivity index (χ0) is 11.5. The quantitative estimate of drug-likeness (QED) is 0.529. The lowest BCUT2D eigenvalue weighted by molar-refractivity contribution is -0.0397. The summed E-state index contributed by atoms with van der Waals surface area (Å²) in [5.41, 5.74) is 0.630.